The third-order valence-corrected chi connectivity index (χ3v) is 8.46. The van der Waals surface area contributed by atoms with Gasteiger partial charge >= 0.3 is 5.97 Å². The summed E-state index contributed by atoms with van der Waals surface area (Å²) in [5, 5.41) is 11.8. The number of esters is 1. The van der Waals surface area contributed by atoms with E-state index in [-0.39, 0.29) is 12.4 Å². The fourth-order valence-corrected chi connectivity index (χ4v) is 6.01. The van der Waals surface area contributed by atoms with Gasteiger partial charge in [0.25, 0.3) is 0 Å². The molecule has 0 aliphatic carbocycles. The molecule has 0 unspecified atom stereocenters. The van der Waals surface area contributed by atoms with Gasteiger partial charge in [0.05, 0.1) is 40.8 Å². The first-order valence-corrected chi connectivity index (χ1v) is 15.2. The van der Waals surface area contributed by atoms with Crippen LogP contribution in [-0.4, -0.2) is 30.6 Å². The van der Waals surface area contributed by atoms with Crippen molar-refractivity contribution in [2.75, 3.05) is 46.3 Å². The number of hydrogen-bond donors (Lipinski definition) is 4. The minimum absolute atomic E-state index is 0.223. The Labute approximate surface area is 247 Å². The second kappa shape index (κ2) is 13.5. The number of carbonyl (C=O) groups is 1. The van der Waals surface area contributed by atoms with Crippen molar-refractivity contribution in [2.45, 2.75) is 40.0 Å². The summed E-state index contributed by atoms with van der Waals surface area (Å²) >= 11 is 3.10. The number of anilines is 5. The number of thiazole rings is 1. The molecule has 0 amide bonds. The molecule has 0 atom stereocenters. The van der Waals surface area contributed by atoms with Gasteiger partial charge in [0.1, 0.15) is 5.00 Å². The summed E-state index contributed by atoms with van der Waals surface area (Å²) in [5.41, 5.74) is 18.6. The molecule has 10 nitrogen and oxygen atoms in total. The topological polar surface area (TPSA) is 115 Å². The average Bonchev–Trinajstić information content (AvgIpc) is 3.73. The molecule has 1 aliphatic heterocycles. The molecule has 0 bridgehead atoms. The highest BCUT2D eigenvalue weighted by molar-refractivity contribution is 7.19. The van der Waals surface area contributed by atoms with Crippen LogP contribution in [0, 0.1) is 13.8 Å². The molecule has 4 aromatic rings. The quantitative estimate of drug-likeness (QED) is 0.0750. The highest BCUT2D eigenvalue weighted by Crippen LogP contribution is 2.35. The highest BCUT2D eigenvalue weighted by atomic mass is 32.1. The summed E-state index contributed by atoms with van der Waals surface area (Å²) in [6.07, 6.45) is 4.43. The fourth-order valence-electron chi connectivity index (χ4n) is 4.38. The fraction of sp³-hybridized carbons (Fsp3) is 0.310. The molecule has 2 aromatic heterocycles. The van der Waals surface area contributed by atoms with Crippen LogP contribution in [0.25, 0.3) is 0 Å². The lowest BCUT2D eigenvalue weighted by atomic mass is 10.2. The smallest absolute Gasteiger partial charge is 0.311 e. The van der Waals surface area contributed by atoms with Crippen LogP contribution in [0.4, 0.5) is 37.9 Å². The van der Waals surface area contributed by atoms with Crippen LogP contribution >= 0.6 is 22.7 Å². The van der Waals surface area contributed by atoms with E-state index in [1.165, 1.54) is 29.2 Å². The predicted molar refractivity (Wildman–Crippen MR) is 169 cm³/mol. The summed E-state index contributed by atoms with van der Waals surface area (Å²) < 4.78 is 4.99. The molecular formula is C29H34N8O2S2. The number of nitrogens with one attached hydrogen (secondary N) is 4. The van der Waals surface area contributed by atoms with E-state index >= 15 is 0 Å². The number of ether oxygens (including phenoxy) is 1. The summed E-state index contributed by atoms with van der Waals surface area (Å²) in [4.78, 5) is 19.2. The Morgan fingerprint density at radius 1 is 0.927 bits per heavy atom. The second-order valence-corrected chi connectivity index (χ2v) is 11.8. The molecule has 3 heterocycles. The van der Waals surface area contributed by atoms with E-state index in [4.69, 9.17) is 4.74 Å². The Morgan fingerprint density at radius 2 is 1.68 bits per heavy atom. The van der Waals surface area contributed by atoms with E-state index in [1.54, 1.807) is 24.5 Å². The predicted octanol–water partition coefficient (Wildman–Crippen LogP) is 7.82. The molecule has 5 rings (SSSR count). The van der Waals surface area contributed by atoms with Gasteiger partial charge < -0.3 is 20.5 Å². The Kier molecular flexibility index (Phi) is 9.32. The summed E-state index contributed by atoms with van der Waals surface area (Å²) in [6, 6.07) is 16.2. The van der Waals surface area contributed by atoms with Crippen LogP contribution < -0.4 is 26.6 Å². The minimum atomic E-state index is -0.250. The number of nitrogens with zero attached hydrogens (tertiary/aromatic N) is 4. The van der Waals surface area contributed by atoms with Gasteiger partial charge in [0, 0.05) is 24.2 Å². The zero-order valence-corrected chi connectivity index (χ0v) is 25.0. The number of rotatable bonds is 12. The van der Waals surface area contributed by atoms with Gasteiger partial charge in [-0.15, -0.1) is 10.2 Å². The maximum absolute atomic E-state index is 11.7. The summed E-state index contributed by atoms with van der Waals surface area (Å²) in [6.45, 7) is 8.50. The van der Waals surface area contributed by atoms with Gasteiger partial charge in [-0.3, -0.25) is 15.6 Å². The summed E-state index contributed by atoms with van der Waals surface area (Å²) in [7, 11) is 0. The Hall–Kier alpha value is -4.16. The summed E-state index contributed by atoms with van der Waals surface area (Å²) in [5.74, 6) is -0.250. The minimum Gasteiger partial charge on any atom is -0.466 e. The van der Waals surface area contributed by atoms with E-state index in [1.807, 2.05) is 56.3 Å². The first-order chi connectivity index (χ1) is 20.0. The number of azo groups is 1. The van der Waals surface area contributed by atoms with Crippen LogP contribution in [0.5, 0.6) is 0 Å². The maximum atomic E-state index is 11.7. The van der Waals surface area contributed by atoms with Crippen LogP contribution in [0.3, 0.4) is 0 Å². The van der Waals surface area contributed by atoms with Crippen molar-refractivity contribution in [3.05, 3.63) is 70.7 Å². The largest absolute Gasteiger partial charge is 0.466 e. The number of thiophene rings is 1. The van der Waals surface area contributed by atoms with Crippen LogP contribution in [0.15, 0.2) is 65.0 Å². The van der Waals surface area contributed by atoms with Crippen molar-refractivity contribution in [1.82, 2.24) is 4.98 Å². The van der Waals surface area contributed by atoms with Gasteiger partial charge in [-0.25, -0.2) is 4.98 Å². The second-order valence-electron chi connectivity index (χ2n) is 9.65. The maximum Gasteiger partial charge on any atom is 0.311 e. The van der Waals surface area contributed by atoms with E-state index in [9.17, 15) is 4.79 Å². The van der Waals surface area contributed by atoms with Crippen LogP contribution in [0.1, 0.15) is 35.8 Å². The number of aryl methyl sites for hydroxylation is 2. The van der Waals surface area contributed by atoms with Gasteiger partial charge in [-0.2, -0.15) is 0 Å². The highest BCUT2D eigenvalue weighted by Gasteiger charge is 2.14. The van der Waals surface area contributed by atoms with Crippen molar-refractivity contribution in [3.63, 3.8) is 0 Å². The molecule has 41 heavy (non-hydrogen) atoms. The van der Waals surface area contributed by atoms with E-state index in [2.05, 4.69) is 47.9 Å². The van der Waals surface area contributed by atoms with E-state index < -0.39 is 0 Å². The number of hydrazine groups is 2. The molecule has 1 fully saturated rings. The lowest BCUT2D eigenvalue weighted by molar-refractivity contribution is -0.142. The Morgan fingerprint density at radius 3 is 2.44 bits per heavy atom. The molecule has 0 spiro atoms. The molecule has 214 valence electrons. The molecule has 0 radical (unpaired) electrons. The lowest BCUT2D eigenvalue weighted by Gasteiger charge is -2.15. The van der Waals surface area contributed by atoms with Crippen molar-refractivity contribution < 1.29 is 9.53 Å². The average molecular weight is 591 g/mol. The van der Waals surface area contributed by atoms with Gasteiger partial charge in [0.15, 0.2) is 0 Å². The zero-order valence-electron chi connectivity index (χ0n) is 23.4. The van der Waals surface area contributed by atoms with Gasteiger partial charge in [-0.1, -0.05) is 22.7 Å². The number of benzene rings is 2. The SMILES string of the molecule is CCOC(=O)Cc1cnc(NNc2ccc(NNc3ccc(/N=N/c4ccc(N5CCCC5)s4)cc3C)cc2C)s1. The van der Waals surface area contributed by atoms with Crippen molar-refractivity contribution >= 4 is 66.5 Å². The standard InChI is InChI=1S/C29H34N8O2S2/c1-4-39-28(38)17-23-18-30-29(40-23)36-34-25-10-7-21(15-20(25)3)31-33-24-9-8-22(16-19(24)2)32-35-26-11-12-27(41-26)37-13-5-6-14-37/h7-12,15-16,18,31,33-34H,4-6,13-14,17H2,1-3H3,(H,30,36)/b35-32+. The van der Waals surface area contributed by atoms with Gasteiger partial charge in [0.2, 0.25) is 5.13 Å². The third kappa shape index (κ3) is 7.74. The number of aromatic nitrogens is 1. The molecule has 1 saturated heterocycles. The molecular weight excluding hydrogens is 557 g/mol. The lowest BCUT2D eigenvalue weighted by Crippen LogP contribution is -2.15. The molecule has 12 heteroatoms. The van der Waals surface area contributed by atoms with Crippen molar-refractivity contribution in [1.29, 1.82) is 0 Å². The number of carbonyl (C=O) groups excluding carboxylic acids is 1. The monoisotopic (exact) mass is 590 g/mol. The van der Waals surface area contributed by atoms with Crippen LogP contribution in [-0.2, 0) is 16.0 Å². The first-order valence-electron chi connectivity index (χ1n) is 13.6. The molecule has 4 N–H and O–H groups in total. The Balaban J connectivity index is 1.11. The van der Waals surface area contributed by atoms with Crippen molar-refractivity contribution in [3.8, 4) is 0 Å². The first kappa shape index (κ1) is 28.4. The van der Waals surface area contributed by atoms with E-state index in [0.29, 0.717) is 11.7 Å². The van der Waals surface area contributed by atoms with E-state index in [0.717, 1.165) is 56.8 Å². The normalized spacial score (nSPS) is 13.0. The third-order valence-electron chi connectivity index (χ3n) is 6.52. The molecule has 2 aromatic carbocycles. The molecule has 1 aliphatic rings. The van der Waals surface area contributed by atoms with Crippen molar-refractivity contribution in [2.24, 2.45) is 10.2 Å². The Bertz CT molecular complexity index is 1510. The molecule has 0 saturated carbocycles. The zero-order chi connectivity index (χ0) is 28.6. The van der Waals surface area contributed by atoms with Crippen LogP contribution in [0.2, 0.25) is 0 Å². The number of hydrogen-bond acceptors (Lipinski definition) is 12. The van der Waals surface area contributed by atoms with Gasteiger partial charge in [-0.05, 0) is 93.3 Å².